The molecule has 25 heavy (non-hydrogen) atoms. The molecule has 124 valence electrons. The van der Waals surface area contributed by atoms with E-state index in [4.69, 9.17) is 4.99 Å². The van der Waals surface area contributed by atoms with E-state index >= 15 is 0 Å². The maximum absolute atomic E-state index is 4.87. The van der Waals surface area contributed by atoms with Crippen molar-refractivity contribution in [2.24, 2.45) is 4.99 Å². The van der Waals surface area contributed by atoms with Crippen molar-refractivity contribution in [1.29, 1.82) is 0 Å². The fraction of sp³-hybridized carbons (Fsp3) is 0.0952. The van der Waals surface area contributed by atoms with Crippen molar-refractivity contribution in [2.75, 3.05) is 0 Å². The number of nitrogens with zero attached hydrogens (tertiary/aromatic N) is 2. The Bertz CT molecular complexity index is 981. The van der Waals surface area contributed by atoms with E-state index in [0.29, 0.717) is 0 Å². The van der Waals surface area contributed by atoms with Crippen LogP contribution in [0.4, 0.5) is 5.69 Å². The third-order valence-electron chi connectivity index (χ3n) is 4.02. The van der Waals surface area contributed by atoms with Crippen LogP contribution < -0.4 is 4.80 Å². The average Bonchev–Trinajstić information content (AvgIpc) is 3.31. The lowest BCUT2D eigenvalue weighted by molar-refractivity contribution is 0.685. The zero-order valence-electron chi connectivity index (χ0n) is 13.7. The molecule has 2 nitrogen and oxygen atoms in total. The molecule has 2 aromatic carbocycles. The summed E-state index contributed by atoms with van der Waals surface area (Å²) >= 11 is 3.48. The monoisotopic (exact) mass is 362 g/mol. The molecule has 4 rings (SSSR count). The first-order valence-electron chi connectivity index (χ1n) is 8.26. The first-order chi connectivity index (χ1) is 12.4. The number of thiophene rings is 1. The molecule has 0 aliphatic rings. The molecule has 4 aromatic rings. The summed E-state index contributed by atoms with van der Waals surface area (Å²) in [6.45, 7) is 0.923. The lowest BCUT2D eigenvalue weighted by atomic mass is 10.1. The van der Waals surface area contributed by atoms with Crippen molar-refractivity contribution < 1.29 is 0 Å². The molecule has 4 heteroatoms. The Morgan fingerprint density at radius 2 is 1.56 bits per heavy atom. The van der Waals surface area contributed by atoms with E-state index in [2.05, 4.69) is 57.8 Å². The van der Waals surface area contributed by atoms with Gasteiger partial charge in [-0.2, -0.15) is 0 Å². The Kier molecular flexibility index (Phi) is 4.91. The predicted molar refractivity (Wildman–Crippen MR) is 107 cm³/mol. The van der Waals surface area contributed by atoms with Crippen molar-refractivity contribution in [3.05, 3.63) is 93.9 Å². The maximum Gasteiger partial charge on any atom is 0.190 e. The van der Waals surface area contributed by atoms with Gasteiger partial charge < -0.3 is 4.57 Å². The van der Waals surface area contributed by atoms with Gasteiger partial charge in [0.1, 0.15) is 0 Å². The van der Waals surface area contributed by atoms with Gasteiger partial charge in [-0.1, -0.05) is 54.6 Å². The molecule has 0 saturated carbocycles. The second-order valence-corrected chi connectivity index (χ2v) is 7.50. The standard InChI is InChI=1S/C21H18N2S2/c1-3-8-17(9-4-1)13-14-23-19(20-12-7-15-24-20)16-25-21(23)22-18-10-5-2-6-11-18/h1-12,15-16H,13-14H2. The Balaban J connectivity index is 1.73. The van der Waals surface area contributed by atoms with Crippen LogP contribution >= 0.6 is 22.7 Å². The van der Waals surface area contributed by atoms with Gasteiger partial charge in [-0.3, -0.25) is 0 Å². The summed E-state index contributed by atoms with van der Waals surface area (Å²) in [4.78, 5) is 7.21. The minimum atomic E-state index is 0.923. The van der Waals surface area contributed by atoms with E-state index in [-0.39, 0.29) is 0 Å². The molecule has 0 aliphatic heterocycles. The number of aryl methyl sites for hydroxylation is 1. The molecule has 0 unspecified atom stereocenters. The highest BCUT2D eigenvalue weighted by molar-refractivity contribution is 7.14. The first-order valence-corrected chi connectivity index (χ1v) is 10.0. The van der Waals surface area contributed by atoms with E-state index in [0.717, 1.165) is 23.5 Å². The summed E-state index contributed by atoms with van der Waals surface area (Å²) in [6, 6.07) is 25.1. The van der Waals surface area contributed by atoms with Crippen molar-refractivity contribution in [1.82, 2.24) is 4.57 Å². The Labute approximate surface area is 155 Å². The van der Waals surface area contributed by atoms with Crippen LogP contribution in [0.15, 0.2) is 88.5 Å². The van der Waals surface area contributed by atoms with Crippen LogP contribution in [0.2, 0.25) is 0 Å². The van der Waals surface area contributed by atoms with Crippen molar-refractivity contribution in [3.63, 3.8) is 0 Å². The largest absolute Gasteiger partial charge is 0.315 e. The quantitative estimate of drug-likeness (QED) is 0.430. The molecule has 2 heterocycles. The molecule has 2 aromatic heterocycles. The molecular weight excluding hydrogens is 344 g/mol. The average molecular weight is 363 g/mol. The smallest absolute Gasteiger partial charge is 0.190 e. The fourth-order valence-electron chi connectivity index (χ4n) is 2.76. The maximum atomic E-state index is 4.87. The summed E-state index contributed by atoms with van der Waals surface area (Å²) in [5, 5.41) is 4.35. The van der Waals surface area contributed by atoms with E-state index in [1.807, 2.05) is 30.3 Å². The van der Waals surface area contributed by atoms with Crippen molar-refractivity contribution in [3.8, 4) is 10.6 Å². The van der Waals surface area contributed by atoms with Gasteiger partial charge in [0.25, 0.3) is 0 Å². The highest BCUT2D eigenvalue weighted by Gasteiger charge is 2.09. The molecule has 0 saturated heterocycles. The van der Waals surface area contributed by atoms with Crippen LogP contribution in [0.1, 0.15) is 5.56 Å². The van der Waals surface area contributed by atoms with Gasteiger partial charge in [0.15, 0.2) is 4.80 Å². The molecule has 0 bridgehead atoms. The van der Waals surface area contributed by atoms with E-state index in [1.54, 1.807) is 22.7 Å². The second-order valence-electron chi connectivity index (χ2n) is 5.72. The first kappa shape index (κ1) is 16.1. The minimum Gasteiger partial charge on any atom is -0.315 e. The summed E-state index contributed by atoms with van der Waals surface area (Å²) in [5.74, 6) is 0. The van der Waals surface area contributed by atoms with Crippen LogP contribution in [0.25, 0.3) is 10.6 Å². The zero-order chi connectivity index (χ0) is 16.9. The number of thiazole rings is 1. The number of hydrogen-bond acceptors (Lipinski definition) is 3. The van der Waals surface area contributed by atoms with E-state index in [9.17, 15) is 0 Å². The van der Waals surface area contributed by atoms with Crippen LogP contribution in [-0.4, -0.2) is 4.57 Å². The third kappa shape index (κ3) is 3.81. The lowest BCUT2D eigenvalue weighted by Crippen LogP contribution is -2.17. The second kappa shape index (κ2) is 7.64. The van der Waals surface area contributed by atoms with Crippen LogP contribution in [0, 0.1) is 0 Å². The van der Waals surface area contributed by atoms with Gasteiger partial charge >= 0.3 is 0 Å². The number of hydrogen-bond donors (Lipinski definition) is 0. The van der Waals surface area contributed by atoms with Crippen LogP contribution in [0.3, 0.4) is 0 Å². The Morgan fingerprint density at radius 1 is 0.800 bits per heavy atom. The fourth-order valence-corrected chi connectivity index (χ4v) is 4.53. The normalized spacial score (nSPS) is 11.8. The van der Waals surface area contributed by atoms with Gasteiger partial charge in [0.2, 0.25) is 0 Å². The molecular formula is C21H18N2S2. The summed E-state index contributed by atoms with van der Waals surface area (Å²) in [7, 11) is 0. The van der Waals surface area contributed by atoms with Gasteiger partial charge in [0, 0.05) is 11.9 Å². The Hall–Kier alpha value is -2.43. The van der Waals surface area contributed by atoms with E-state index in [1.165, 1.54) is 16.1 Å². The molecule has 0 aliphatic carbocycles. The topological polar surface area (TPSA) is 17.3 Å². The molecule has 0 N–H and O–H groups in total. The Morgan fingerprint density at radius 3 is 2.28 bits per heavy atom. The summed E-state index contributed by atoms with van der Waals surface area (Å²) in [5.41, 5.74) is 3.60. The molecule has 0 radical (unpaired) electrons. The van der Waals surface area contributed by atoms with Gasteiger partial charge in [0.05, 0.1) is 16.3 Å². The highest BCUT2D eigenvalue weighted by Crippen LogP contribution is 2.25. The highest BCUT2D eigenvalue weighted by atomic mass is 32.1. The van der Waals surface area contributed by atoms with Gasteiger partial charge in [-0.05, 0) is 35.6 Å². The van der Waals surface area contributed by atoms with E-state index < -0.39 is 0 Å². The molecule has 0 amide bonds. The SMILES string of the molecule is c1ccc(CCn2c(-c3cccs3)csc2=Nc2ccccc2)cc1. The van der Waals surface area contributed by atoms with Gasteiger partial charge in [-0.15, -0.1) is 22.7 Å². The predicted octanol–water partition coefficient (Wildman–Crippen LogP) is 5.75. The number of aromatic nitrogens is 1. The molecule has 0 atom stereocenters. The van der Waals surface area contributed by atoms with Crippen LogP contribution in [-0.2, 0) is 13.0 Å². The summed E-state index contributed by atoms with van der Waals surface area (Å²) < 4.78 is 2.34. The number of rotatable bonds is 5. The lowest BCUT2D eigenvalue weighted by Gasteiger charge is -2.08. The van der Waals surface area contributed by atoms with Crippen molar-refractivity contribution >= 4 is 28.4 Å². The third-order valence-corrected chi connectivity index (χ3v) is 5.78. The summed E-state index contributed by atoms with van der Waals surface area (Å²) in [6.07, 6.45) is 0.998. The molecule has 0 fully saturated rings. The molecule has 0 spiro atoms. The number of para-hydroxylation sites is 1. The number of benzene rings is 2. The van der Waals surface area contributed by atoms with Crippen molar-refractivity contribution in [2.45, 2.75) is 13.0 Å². The minimum absolute atomic E-state index is 0.923. The van der Waals surface area contributed by atoms with Crippen LogP contribution in [0.5, 0.6) is 0 Å². The zero-order valence-corrected chi connectivity index (χ0v) is 15.3. The van der Waals surface area contributed by atoms with Gasteiger partial charge in [-0.25, -0.2) is 4.99 Å².